The maximum Gasteiger partial charge on any atom is 0.307 e. The van der Waals surface area contributed by atoms with Gasteiger partial charge in [0, 0.05) is 5.69 Å². The fourth-order valence-electron chi connectivity index (χ4n) is 4.47. The number of carboxylic acid groups (broad SMARTS) is 1. The average Bonchev–Trinajstić information content (AvgIpc) is 3.18. The van der Waals surface area contributed by atoms with Gasteiger partial charge in [-0.2, -0.15) is 0 Å². The van der Waals surface area contributed by atoms with Crippen molar-refractivity contribution in [3.8, 4) is 17.2 Å². The number of aliphatic carboxylic acids is 1. The van der Waals surface area contributed by atoms with Crippen LogP contribution in [0.2, 0.25) is 10.0 Å². The first-order valence-electron chi connectivity index (χ1n) is 11.5. The van der Waals surface area contributed by atoms with Crippen LogP contribution in [-0.4, -0.2) is 49.2 Å². The Morgan fingerprint density at radius 2 is 1.59 bits per heavy atom. The standard InChI is InChI=1S/C28H23Cl2NO8/c1-37-17-6-4-5-15(12-17)23-21(24(34)18-13-19(29)27(39-3)22(30)26(18)38-2)25(35)28(36)31(23)16-9-7-14(8-10-16)11-20(32)33/h4-10,12-13,23,34H,11H2,1-3H3,(H,32,33)/b24-21+. The van der Waals surface area contributed by atoms with E-state index in [1.807, 2.05) is 0 Å². The van der Waals surface area contributed by atoms with Crippen molar-refractivity contribution >= 4 is 52.3 Å². The molecule has 0 bridgehead atoms. The van der Waals surface area contributed by atoms with Crippen molar-refractivity contribution in [1.29, 1.82) is 0 Å². The smallest absolute Gasteiger partial charge is 0.307 e. The molecule has 11 heteroatoms. The lowest BCUT2D eigenvalue weighted by Gasteiger charge is -2.26. The van der Waals surface area contributed by atoms with E-state index in [1.54, 1.807) is 36.4 Å². The number of halogens is 2. The highest BCUT2D eigenvalue weighted by Gasteiger charge is 2.47. The molecule has 1 amide bonds. The lowest BCUT2D eigenvalue weighted by atomic mass is 9.94. The van der Waals surface area contributed by atoms with Crippen LogP contribution in [0.4, 0.5) is 5.69 Å². The Hall–Kier alpha value is -4.21. The number of ether oxygens (including phenoxy) is 3. The number of rotatable bonds is 8. The van der Waals surface area contributed by atoms with Gasteiger partial charge in [-0.1, -0.05) is 47.5 Å². The molecule has 1 unspecified atom stereocenters. The van der Waals surface area contributed by atoms with Crippen LogP contribution >= 0.6 is 23.2 Å². The van der Waals surface area contributed by atoms with Gasteiger partial charge in [-0.05, 0) is 41.5 Å². The maximum atomic E-state index is 13.5. The molecule has 3 aromatic rings. The summed E-state index contributed by atoms with van der Waals surface area (Å²) in [5.74, 6) is -2.87. The van der Waals surface area contributed by atoms with Gasteiger partial charge in [-0.25, -0.2) is 0 Å². The van der Waals surface area contributed by atoms with Gasteiger partial charge in [0.2, 0.25) is 0 Å². The molecule has 202 valence electrons. The predicted octanol–water partition coefficient (Wildman–Crippen LogP) is 5.27. The van der Waals surface area contributed by atoms with Gasteiger partial charge < -0.3 is 24.4 Å². The fraction of sp³-hybridized carbons (Fsp3) is 0.179. The highest BCUT2D eigenvalue weighted by molar-refractivity contribution is 6.52. The third-order valence-corrected chi connectivity index (χ3v) is 6.84. The minimum Gasteiger partial charge on any atom is -0.507 e. The number of methoxy groups -OCH3 is 3. The van der Waals surface area contributed by atoms with Gasteiger partial charge in [0.05, 0.1) is 50.0 Å². The van der Waals surface area contributed by atoms with E-state index in [4.69, 9.17) is 42.5 Å². The number of benzene rings is 3. The number of Topliss-reactive ketones (excluding diaryl/α,β-unsaturated/α-hetero) is 1. The van der Waals surface area contributed by atoms with Crippen molar-refractivity contribution in [2.24, 2.45) is 0 Å². The first-order chi connectivity index (χ1) is 18.6. The molecule has 0 saturated carbocycles. The summed E-state index contributed by atoms with van der Waals surface area (Å²) in [6.45, 7) is 0. The average molecular weight is 572 g/mol. The number of nitrogens with zero attached hydrogens (tertiary/aromatic N) is 1. The molecule has 2 N–H and O–H groups in total. The molecule has 0 spiro atoms. The summed E-state index contributed by atoms with van der Waals surface area (Å²) in [5, 5.41) is 20.7. The lowest BCUT2D eigenvalue weighted by Crippen LogP contribution is -2.29. The Balaban J connectivity index is 1.97. The second-order valence-electron chi connectivity index (χ2n) is 8.47. The van der Waals surface area contributed by atoms with Crippen molar-refractivity contribution in [2.75, 3.05) is 26.2 Å². The first kappa shape index (κ1) is 27.8. The molecule has 1 atom stereocenters. The molecule has 4 rings (SSSR count). The second-order valence-corrected chi connectivity index (χ2v) is 9.25. The van der Waals surface area contributed by atoms with Crippen molar-refractivity contribution < 1.29 is 38.8 Å². The monoisotopic (exact) mass is 571 g/mol. The number of hydrogen-bond acceptors (Lipinski definition) is 7. The van der Waals surface area contributed by atoms with Crippen LogP contribution < -0.4 is 19.1 Å². The molecule has 0 aliphatic carbocycles. The van der Waals surface area contributed by atoms with E-state index in [2.05, 4.69) is 0 Å². The van der Waals surface area contributed by atoms with E-state index < -0.39 is 29.5 Å². The summed E-state index contributed by atoms with van der Waals surface area (Å²) in [6, 6.07) is 13.1. The van der Waals surface area contributed by atoms with Crippen molar-refractivity contribution in [2.45, 2.75) is 12.5 Å². The van der Waals surface area contributed by atoms with Crippen LogP contribution in [-0.2, 0) is 20.8 Å². The highest BCUT2D eigenvalue weighted by atomic mass is 35.5. The quantitative estimate of drug-likeness (QED) is 0.213. The zero-order valence-corrected chi connectivity index (χ0v) is 22.5. The van der Waals surface area contributed by atoms with Gasteiger partial charge in [0.15, 0.2) is 11.5 Å². The van der Waals surface area contributed by atoms with Crippen molar-refractivity contribution in [3.63, 3.8) is 0 Å². The molecular formula is C28H23Cl2NO8. The van der Waals surface area contributed by atoms with E-state index in [1.165, 1.54) is 44.4 Å². The van der Waals surface area contributed by atoms with Crippen LogP contribution in [0, 0.1) is 0 Å². The van der Waals surface area contributed by atoms with E-state index in [0.29, 0.717) is 22.6 Å². The second kappa shape index (κ2) is 11.3. The zero-order valence-electron chi connectivity index (χ0n) is 21.0. The van der Waals surface area contributed by atoms with E-state index in [-0.39, 0.29) is 39.1 Å². The minimum atomic E-state index is -1.09. The molecule has 39 heavy (non-hydrogen) atoms. The van der Waals surface area contributed by atoms with Crippen molar-refractivity contribution in [3.05, 3.63) is 86.9 Å². The number of amides is 1. The van der Waals surface area contributed by atoms with Gasteiger partial charge in [-0.15, -0.1) is 0 Å². The van der Waals surface area contributed by atoms with Gasteiger partial charge in [0.1, 0.15) is 16.5 Å². The summed E-state index contributed by atoms with van der Waals surface area (Å²) in [5.41, 5.74) is 1.03. The number of aliphatic hydroxyl groups excluding tert-OH is 1. The highest BCUT2D eigenvalue weighted by Crippen LogP contribution is 2.48. The Labute approximate surface area is 233 Å². The number of aliphatic hydroxyl groups is 1. The van der Waals surface area contributed by atoms with Crippen LogP contribution in [0.15, 0.2) is 60.2 Å². The van der Waals surface area contributed by atoms with Crippen LogP contribution in [0.1, 0.15) is 22.7 Å². The largest absolute Gasteiger partial charge is 0.507 e. The summed E-state index contributed by atoms with van der Waals surface area (Å²) in [6.07, 6.45) is -0.211. The SMILES string of the molecule is COc1cccc(C2/C(=C(\O)c3cc(Cl)c(OC)c(Cl)c3OC)C(=O)C(=O)N2c2ccc(CC(=O)O)cc2)c1. The molecule has 9 nitrogen and oxygen atoms in total. The number of hydrogen-bond donors (Lipinski definition) is 2. The van der Waals surface area contributed by atoms with E-state index in [0.717, 1.165) is 0 Å². The first-order valence-corrected chi connectivity index (χ1v) is 12.2. The number of ketones is 1. The molecule has 1 saturated heterocycles. The third-order valence-electron chi connectivity index (χ3n) is 6.22. The molecule has 1 fully saturated rings. The summed E-state index contributed by atoms with van der Waals surface area (Å²) in [4.78, 5) is 39.3. The Bertz CT molecular complexity index is 1500. The van der Waals surface area contributed by atoms with Crippen LogP contribution in [0.5, 0.6) is 17.2 Å². The topological polar surface area (TPSA) is 123 Å². The maximum absolute atomic E-state index is 13.5. The van der Waals surface area contributed by atoms with E-state index in [9.17, 15) is 19.5 Å². The van der Waals surface area contributed by atoms with Crippen molar-refractivity contribution in [1.82, 2.24) is 0 Å². The van der Waals surface area contributed by atoms with Gasteiger partial charge in [-0.3, -0.25) is 19.3 Å². The van der Waals surface area contributed by atoms with Gasteiger partial charge in [0.25, 0.3) is 11.7 Å². The normalized spacial score (nSPS) is 16.3. The number of anilines is 1. The predicted molar refractivity (Wildman–Crippen MR) is 145 cm³/mol. The Kier molecular flexibility index (Phi) is 8.03. The Morgan fingerprint density at radius 1 is 0.923 bits per heavy atom. The Morgan fingerprint density at radius 3 is 2.18 bits per heavy atom. The molecular weight excluding hydrogens is 549 g/mol. The minimum absolute atomic E-state index is 0.0102. The third kappa shape index (κ3) is 5.10. The van der Waals surface area contributed by atoms with Crippen LogP contribution in [0.3, 0.4) is 0 Å². The molecule has 1 aliphatic rings. The molecule has 1 aliphatic heterocycles. The van der Waals surface area contributed by atoms with Crippen LogP contribution in [0.25, 0.3) is 5.76 Å². The molecule has 3 aromatic carbocycles. The molecule has 0 aromatic heterocycles. The summed E-state index contributed by atoms with van der Waals surface area (Å²) >= 11 is 12.7. The summed E-state index contributed by atoms with van der Waals surface area (Å²) < 4.78 is 16.0. The number of carbonyl (C=O) groups excluding carboxylic acids is 2. The number of carboxylic acids is 1. The van der Waals surface area contributed by atoms with E-state index >= 15 is 0 Å². The summed E-state index contributed by atoms with van der Waals surface area (Å²) in [7, 11) is 4.16. The number of carbonyl (C=O) groups is 3. The molecule has 0 radical (unpaired) electrons. The molecule has 1 heterocycles. The fourth-order valence-corrected chi connectivity index (χ4v) is 5.15. The van der Waals surface area contributed by atoms with Gasteiger partial charge >= 0.3 is 5.97 Å². The zero-order chi connectivity index (χ0) is 28.4. The lowest BCUT2D eigenvalue weighted by molar-refractivity contribution is -0.136.